The van der Waals surface area contributed by atoms with Gasteiger partial charge in [0.2, 0.25) is 0 Å². The van der Waals surface area contributed by atoms with Crippen molar-refractivity contribution in [2.45, 2.75) is 143 Å². The van der Waals surface area contributed by atoms with Gasteiger partial charge < -0.3 is 19.7 Å². The van der Waals surface area contributed by atoms with Crippen molar-refractivity contribution < 1.29 is 29.3 Å². The third kappa shape index (κ3) is 5.48. The van der Waals surface area contributed by atoms with E-state index in [1.807, 2.05) is 6.92 Å². The molecule has 4 aliphatic rings. The van der Waals surface area contributed by atoms with Gasteiger partial charge in [0.25, 0.3) is 0 Å². The topological polar surface area (TPSA) is 93.1 Å². The highest BCUT2D eigenvalue weighted by Gasteiger charge is 2.63. The quantitative estimate of drug-likeness (QED) is 0.412. The normalized spacial score (nSPS) is 42.0. The number of ether oxygens (including phenoxy) is 2. The third-order valence-corrected chi connectivity index (χ3v) is 11.6. The van der Waals surface area contributed by atoms with Crippen molar-refractivity contribution in [3.8, 4) is 0 Å². The molecule has 6 nitrogen and oxygen atoms in total. The molecule has 6 heteroatoms. The second-order valence-corrected chi connectivity index (χ2v) is 14.5. The lowest BCUT2D eigenvalue weighted by molar-refractivity contribution is -0.189. The molecule has 4 rings (SSSR count). The third-order valence-electron chi connectivity index (χ3n) is 11.6. The van der Waals surface area contributed by atoms with Crippen LogP contribution in [0.1, 0.15) is 119 Å². The van der Waals surface area contributed by atoms with E-state index in [4.69, 9.17) is 9.47 Å². The van der Waals surface area contributed by atoms with Gasteiger partial charge in [0.15, 0.2) is 0 Å². The van der Waals surface area contributed by atoms with Crippen molar-refractivity contribution in [2.75, 3.05) is 0 Å². The molecule has 0 heterocycles. The average molecular weight is 521 g/mol. The first kappa shape index (κ1) is 28.9. The molecule has 0 aromatic rings. The van der Waals surface area contributed by atoms with Crippen LogP contribution in [0.2, 0.25) is 0 Å². The average Bonchev–Trinajstić information content (AvgIpc) is 3.13. The maximum absolute atomic E-state index is 12.1. The number of carbonyl (C=O) groups excluding carboxylic acids is 2. The molecule has 0 radical (unpaired) electrons. The lowest BCUT2D eigenvalue weighted by Crippen LogP contribution is -2.58. The van der Waals surface area contributed by atoms with Crippen molar-refractivity contribution in [1.29, 1.82) is 0 Å². The molecule has 10 atom stereocenters. The fourth-order valence-corrected chi connectivity index (χ4v) is 9.90. The fraction of sp³-hybridized carbons (Fsp3) is 0.935. The number of hydrogen-bond acceptors (Lipinski definition) is 6. The zero-order valence-corrected chi connectivity index (χ0v) is 24.3. The number of fused-ring (bicyclic) bond motifs is 5. The zero-order valence-electron chi connectivity index (χ0n) is 24.3. The molecule has 4 aliphatic carbocycles. The minimum atomic E-state index is -1.14. The first-order valence-corrected chi connectivity index (χ1v) is 14.9. The van der Waals surface area contributed by atoms with Gasteiger partial charge in [-0.1, -0.05) is 13.8 Å². The molecule has 4 fully saturated rings. The second-order valence-electron chi connectivity index (χ2n) is 14.5. The minimum Gasteiger partial charge on any atom is -0.463 e. The highest BCUT2D eigenvalue weighted by Crippen LogP contribution is 2.69. The summed E-state index contributed by atoms with van der Waals surface area (Å²) in [6.45, 7) is 13.2. The van der Waals surface area contributed by atoms with Gasteiger partial charge in [-0.05, 0) is 132 Å². The van der Waals surface area contributed by atoms with Crippen LogP contribution in [0.4, 0.5) is 0 Å². The van der Waals surface area contributed by atoms with Crippen LogP contribution in [0.25, 0.3) is 0 Å². The molecular weight excluding hydrogens is 468 g/mol. The summed E-state index contributed by atoms with van der Waals surface area (Å²) in [7, 11) is 0. The van der Waals surface area contributed by atoms with Crippen LogP contribution in [-0.2, 0) is 19.1 Å². The van der Waals surface area contributed by atoms with E-state index in [9.17, 15) is 19.8 Å². The Hall–Kier alpha value is -1.14. The highest BCUT2D eigenvalue weighted by molar-refractivity contribution is 5.66. The monoisotopic (exact) mass is 520 g/mol. The second kappa shape index (κ2) is 10.1. The largest absolute Gasteiger partial charge is 0.463 e. The Kier molecular flexibility index (Phi) is 7.89. The summed E-state index contributed by atoms with van der Waals surface area (Å²) in [6, 6.07) is 0. The molecule has 4 saturated carbocycles. The van der Waals surface area contributed by atoms with Crippen molar-refractivity contribution >= 4 is 11.9 Å². The van der Waals surface area contributed by atoms with Gasteiger partial charge in [-0.15, -0.1) is 0 Å². The van der Waals surface area contributed by atoms with E-state index in [0.29, 0.717) is 41.9 Å². The summed E-state index contributed by atoms with van der Waals surface area (Å²) >= 11 is 0. The van der Waals surface area contributed by atoms with Gasteiger partial charge in [-0.25, -0.2) is 0 Å². The van der Waals surface area contributed by atoms with Crippen LogP contribution in [0.3, 0.4) is 0 Å². The molecule has 37 heavy (non-hydrogen) atoms. The van der Waals surface area contributed by atoms with E-state index in [-0.39, 0.29) is 29.4 Å². The van der Waals surface area contributed by atoms with Crippen LogP contribution < -0.4 is 0 Å². The number of esters is 2. The molecule has 0 aromatic heterocycles. The molecule has 0 spiro atoms. The van der Waals surface area contributed by atoms with E-state index in [2.05, 4.69) is 13.8 Å². The summed E-state index contributed by atoms with van der Waals surface area (Å²) in [5.74, 6) is 2.06. The smallest absolute Gasteiger partial charge is 0.303 e. The lowest BCUT2D eigenvalue weighted by atomic mass is 9.44. The van der Waals surface area contributed by atoms with Crippen LogP contribution in [0, 0.1) is 40.4 Å². The van der Waals surface area contributed by atoms with E-state index in [1.54, 1.807) is 13.8 Å². The predicted octanol–water partition coefficient (Wildman–Crippen LogP) is 5.81. The van der Waals surface area contributed by atoms with Gasteiger partial charge in [0.05, 0.1) is 5.60 Å². The molecule has 0 unspecified atom stereocenters. The summed E-state index contributed by atoms with van der Waals surface area (Å²) in [5.41, 5.74) is -1.71. The Labute approximate surface area is 224 Å². The Balaban J connectivity index is 1.52. The Morgan fingerprint density at radius 3 is 2.16 bits per heavy atom. The van der Waals surface area contributed by atoms with Crippen LogP contribution >= 0.6 is 0 Å². The van der Waals surface area contributed by atoms with E-state index < -0.39 is 17.3 Å². The van der Waals surface area contributed by atoms with Crippen molar-refractivity contribution in [2.24, 2.45) is 40.4 Å². The summed E-state index contributed by atoms with van der Waals surface area (Å²) < 4.78 is 11.4. The van der Waals surface area contributed by atoms with E-state index in [1.165, 1.54) is 33.1 Å². The molecule has 0 aromatic carbocycles. The molecule has 0 bridgehead atoms. The first-order chi connectivity index (χ1) is 17.1. The molecule has 0 amide bonds. The number of carbonyl (C=O) groups is 2. The standard InChI is InChI=1S/C31H52O6/c1-19(32)36-22-12-16-29(5)21(18-22)8-9-23-24-10-11-26(30(24,6)17-13-25(23)29)31(7,35)27(37-20(2)33)14-15-28(3,4)34/h21-27,34-35H,8-18H2,1-7H3/t21-,22-,23-,24-,25-,26-,27+,29-,30-,31+/m0/s1. The van der Waals surface area contributed by atoms with Gasteiger partial charge in [-0.2, -0.15) is 0 Å². The fourth-order valence-electron chi connectivity index (χ4n) is 9.90. The SMILES string of the molecule is CC(=O)O[C@H]1CC[C@@]2(C)[C@@H](CC[C@@H]3[C@@H]2CC[C@]2(C)[C@@H]([C@@](C)(O)[C@@H](CCC(C)(C)O)OC(C)=O)CC[C@@H]32)C1. The van der Waals surface area contributed by atoms with Gasteiger partial charge in [0.1, 0.15) is 17.8 Å². The van der Waals surface area contributed by atoms with Crippen LogP contribution in [0.15, 0.2) is 0 Å². The van der Waals surface area contributed by atoms with Crippen molar-refractivity contribution in [1.82, 2.24) is 0 Å². The highest BCUT2D eigenvalue weighted by atomic mass is 16.6. The Bertz CT molecular complexity index is 860. The maximum Gasteiger partial charge on any atom is 0.303 e. The Morgan fingerprint density at radius 2 is 1.54 bits per heavy atom. The van der Waals surface area contributed by atoms with Gasteiger partial charge in [0, 0.05) is 13.8 Å². The molecular formula is C31H52O6. The summed E-state index contributed by atoms with van der Waals surface area (Å²) in [6.07, 6.45) is 10.2. The predicted molar refractivity (Wildman–Crippen MR) is 142 cm³/mol. The van der Waals surface area contributed by atoms with Crippen molar-refractivity contribution in [3.05, 3.63) is 0 Å². The van der Waals surface area contributed by atoms with Crippen LogP contribution in [-0.4, -0.2) is 45.6 Å². The summed E-state index contributed by atoms with van der Waals surface area (Å²) in [5, 5.41) is 22.4. The minimum absolute atomic E-state index is 0.00986. The van der Waals surface area contributed by atoms with E-state index >= 15 is 0 Å². The van der Waals surface area contributed by atoms with E-state index in [0.717, 1.165) is 38.5 Å². The van der Waals surface area contributed by atoms with Gasteiger partial charge in [-0.3, -0.25) is 9.59 Å². The molecule has 0 saturated heterocycles. The maximum atomic E-state index is 12.1. The number of aliphatic hydroxyl groups is 2. The Morgan fingerprint density at radius 1 is 0.892 bits per heavy atom. The van der Waals surface area contributed by atoms with Crippen LogP contribution in [0.5, 0.6) is 0 Å². The first-order valence-electron chi connectivity index (χ1n) is 14.9. The zero-order chi connectivity index (χ0) is 27.4. The van der Waals surface area contributed by atoms with Crippen molar-refractivity contribution in [3.63, 3.8) is 0 Å². The molecule has 212 valence electrons. The lowest BCUT2D eigenvalue weighted by Gasteiger charge is -2.61. The molecule has 0 aliphatic heterocycles. The summed E-state index contributed by atoms with van der Waals surface area (Å²) in [4.78, 5) is 23.6. The van der Waals surface area contributed by atoms with Gasteiger partial charge >= 0.3 is 11.9 Å². The number of hydrogen-bond donors (Lipinski definition) is 2. The molecule has 2 N–H and O–H groups in total. The number of rotatable bonds is 7.